The molecule has 0 fully saturated rings. The van der Waals surface area contributed by atoms with Crippen molar-refractivity contribution in [3.8, 4) is 0 Å². The lowest BCUT2D eigenvalue weighted by atomic mass is 10.0. The van der Waals surface area contributed by atoms with E-state index in [2.05, 4.69) is 93.7 Å². The predicted molar refractivity (Wildman–Crippen MR) is 302 cm³/mol. The fraction of sp³-hybridized carbons (Fsp3) is 0.734. The zero-order chi connectivity index (χ0) is 50.7. The van der Waals surface area contributed by atoms with Gasteiger partial charge in [-0.2, -0.15) is 0 Å². The summed E-state index contributed by atoms with van der Waals surface area (Å²) in [4.78, 5) is 38.0. The number of hydrogen-bond donors (Lipinski definition) is 0. The molecule has 70 heavy (non-hydrogen) atoms. The number of unbranched alkanes of at least 4 members (excludes halogenated alkanes) is 28. The molecule has 0 saturated carbocycles. The standard InChI is InChI=1S/C64H110O6/c1-4-7-10-13-16-19-22-24-25-26-27-28-29-30-31-32-33-34-35-36-37-38-39-41-42-45-48-51-54-57-63(66)69-60-61(59-68-62(65)56-53-50-47-44-21-18-15-12-9-6-3)70-64(67)58-55-52-49-46-43-40-23-20-17-14-11-8-5-2/h8,11,17,20,22,24,26-27,29-30,40,43,49,52,61H,4-7,9-10,12-16,18-19,21,23,25,28,31-39,41-42,44-48,50-51,53-60H2,1-3H3/b11-8-,20-17-,24-22-,27-26-,30-29-,43-40-,52-49-. The molecule has 0 bridgehead atoms. The minimum absolute atomic E-state index is 0.103. The Hall–Kier alpha value is -3.41. The Kier molecular flexibility index (Phi) is 55.3. The molecule has 402 valence electrons. The first-order valence-corrected chi connectivity index (χ1v) is 29.6. The van der Waals surface area contributed by atoms with Gasteiger partial charge in [0.2, 0.25) is 0 Å². The first kappa shape index (κ1) is 66.6. The number of allylic oxidation sites excluding steroid dienone is 14. The molecule has 0 aliphatic heterocycles. The molecule has 0 aliphatic carbocycles. The van der Waals surface area contributed by atoms with Crippen LogP contribution in [0.1, 0.15) is 284 Å². The van der Waals surface area contributed by atoms with Crippen molar-refractivity contribution in [3.05, 3.63) is 85.1 Å². The Balaban J connectivity index is 4.18. The van der Waals surface area contributed by atoms with Gasteiger partial charge in [0.05, 0.1) is 0 Å². The van der Waals surface area contributed by atoms with E-state index in [1.807, 2.05) is 12.2 Å². The fourth-order valence-electron chi connectivity index (χ4n) is 8.23. The van der Waals surface area contributed by atoms with Crippen molar-refractivity contribution in [2.45, 2.75) is 290 Å². The average Bonchev–Trinajstić information content (AvgIpc) is 3.36. The second-order valence-corrected chi connectivity index (χ2v) is 19.5. The predicted octanol–water partition coefficient (Wildman–Crippen LogP) is 19.9. The summed E-state index contributed by atoms with van der Waals surface area (Å²) in [6.45, 7) is 6.45. The van der Waals surface area contributed by atoms with Crippen LogP contribution in [0.25, 0.3) is 0 Å². The number of carbonyl (C=O) groups is 3. The molecular formula is C64H110O6. The molecule has 1 atom stereocenters. The molecule has 0 amide bonds. The van der Waals surface area contributed by atoms with Crippen LogP contribution in [0.5, 0.6) is 0 Å². The van der Waals surface area contributed by atoms with Gasteiger partial charge in [-0.05, 0) is 83.5 Å². The highest BCUT2D eigenvalue weighted by Crippen LogP contribution is 2.16. The summed E-state index contributed by atoms with van der Waals surface area (Å²) < 4.78 is 16.7. The average molecular weight is 976 g/mol. The molecule has 1 unspecified atom stereocenters. The second kappa shape index (κ2) is 58.2. The van der Waals surface area contributed by atoms with Crippen LogP contribution in [0.2, 0.25) is 0 Å². The van der Waals surface area contributed by atoms with E-state index in [-0.39, 0.29) is 37.5 Å². The topological polar surface area (TPSA) is 78.9 Å². The lowest BCUT2D eigenvalue weighted by Crippen LogP contribution is -2.30. The van der Waals surface area contributed by atoms with Gasteiger partial charge in [-0.3, -0.25) is 14.4 Å². The van der Waals surface area contributed by atoms with Crippen molar-refractivity contribution >= 4 is 17.9 Å². The van der Waals surface area contributed by atoms with Gasteiger partial charge in [-0.1, -0.05) is 266 Å². The maximum absolute atomic E-state index is 12.8. The summed E-state index contributed by atoms with van der Waals surface area (Å²) in [5.41, 5.74) is 0. The molecule has 0 N–H and O–H groups in total. The maximum Gasteiger partial charge on any atom is 0.306 e. The number of ether oxygens (including phenoxy) is 3. The molecule has 0 heterocycles. The van der Waals surface area contributed by atoms with Crippen LogP contribution in [-0.2, 0) is 28.6 Å². The number of esters is 3. The van der Waals surface area contributed by atoms with E-state index in [0.717, 1.165) is 77.0 Å². The molecule has 0 saturated heterocycles. The highest BCUT2D eigenvalue weighted by molar-refractivity contribution is 5.71. The van der Waals surface area contributed by atoms with E-state index in [9.17, 15) is 14.4 Å². The van der Waals surface area contributed by atoms with Gasteiger partial charge < -0.3 is 14.2 Å². The first-order valence-electron chi connectivity index (χ1n) is 29.6. The highest BCUT2D eigenvalue weighted by Gasteiger charge is 2.19. The van der Waals surface area contributed by atoms with Crippen LogP contribution < -0.4 is 0 Å². The minimum atomic E-state index is -0.812. The molecule has 0 aliphatic rings. The molecule has 0 aromatic carbocycles. The molecule has 6 nitrogen and oxygen atoms in total. The van der Waals surface area contributed by atoms with Gasteiger partial charge in [0.25, 0.3) is 0 Å². The van der Waals surface area contributed by atoms with Gasteiger partial charge in [0.15, 0.2) is 6.10 Å². The SMILES string of the molecule is CC/C=C\C/C=C\C/C=C\C/C=C\CCC(=O)OC(COC(=O)CCCCCCCCCCCC)COC(=O)CCCCCCCCCCCCCCCC/C=C\C/C=C\C/C=C\CCCCCCC. The van der Waals surface area contributed by atoms with Crippen LogP contribution >= 0.6 is 0 Å². The summed E-state index contributed by atoms with van der Waals surface area (Å²) in [6.07, 6.45) is 76.2. The lowest BCUT2D eigenvalue weighted by Gasteiger charge is -2.18. The summed E-state index contributed by atoms with van der Waals surface area (Å²) in [6, 6.07) is 0. The largest absolute Gasteiger partial charge is 0.462 e. The van der Waals surface area contributed by atoms with E-state index in [4.69, 9.17) is 14.2 Å². The smallest absolute Gasteiger partial charge is 0.306 e. The van der Waals surface area contributed by atoms with E-state index >= 15 is 0 Å². The number of carbonyl (C=O) groups excluding carboxylic acids is 3. The third-order valence-electron chi connectivity index (χ3n) is 12.6. The summed E-state index contributed by atoms with van der Waals surface area (Å²) in [7, 11) is 0. The van der Waals surface area contributed by atoms with E-state index < -0.39 is 6.10 Å². The van der Waals surface area contributed by atoms with Crippen molar-refractivity contribution in [3.63, 3.8) is 0 Å². The van der Waals surface area contributed by atoms with Gasteiger partial charge >= 0.3 is 17.9 Å². The zero-order valence-corrected chi connectivity index (χ0v) is 46.0. The van der Waals surface area contributed by atoms with Gasteiger partial charge in [0, 0.05) is 19.3 Å². The van der Waals surface area contributed by atoms with Crippen molar-refractivity contribution in [1.82, 2.24) is 0 Å². The Morgan fingerprint density at radius 1 is 0.300 bits per heavy atom. The monoisotopic (exact) mass is 975 g/mol. The molecule has 0 aromatic rings. The molecule has 0 rings (SSSR count). The van der Waals surface area contributed by atoms with Crippen molar-refractivity contribution in [2.24, 2.45) is 0 Å². The van der Waals surface area contributed by atoms with Crippen LogP contribution in [0.15, 0.2) is 85.1 Å². The normalized spacial score (nSPS) is 12.7. The molecule has 6 heteroatoms. The van der Waals surface area contributed by atoms with Crippen LogP contribution in [0.3, 0.4) is 0 Å². The third kappa shape index (κ3) is 55.5. The van der Waals surface area contributed by atoms with Crippen molar-refractivity contribution < 1.29 is 28.6 Å². The Morgan fingerprint density at radius 2 is 0.586 bits per heavy atom. The third-order valence-corrected chi connectivity index (χ3v) is 12.6. The first-order chi connectivity index (χ1) is 34.5. The Morgan fingerprint density at radius 3 is 0.929 bits per heavy atom. The van der Waals surface area contributed by atoms with Gasteiger partial charge in [0.1, 0.15) is 13.2 Å². The van der Waals surface area contributed by atoms with Gasteiger partial charge in [-0.15, -0.1) is 0 Å². The van der Waals surface area contributed by atoms with Crippen LogP contribution in [-0.4, -0.2) is 37.2 Å². The number of rotatable bonds is 53. The zero-order valence-electron chi connectivity index (χ0n) is 46.0. The molecule has 0 radical (unpaired) electrons. The Labute approximate surface area is 433 Å². The van der Waals surface area contributed by atoms with Crippen molar-refractivity contribution in [2.75, 3.05) is 13.2 Å². The molecular weight excluding hydrogens is 865 g/mol. The minimum Gasteiger partial charge on any atom is -0.462 e. The number of hydrogen-bond acceptors (Lipinski definition) is 6. The summed E-state index contributed by atoms with van der Waals surface area (Å²) in [5, 5.41) is 0. The summed E-state index contributed by atoms with van der Waals surface area (Å²) >= 11 is 0. The van der Waals surface area contributed by atoms with E-state index in [1.54, 1.807) is 0 Å². The molecule has 0 aromatic heterocycles. The maximum atomic E-state index is 12.8. The molecule has 0 spiro atoms. The van der Waals surface area contributed by atoms with E-state index in [0.29, 0.717) is 19.3 Å². The second-order valence-electron chi connectivity index (χ2n) is 19.5. The van der Waals surface area contributed by atoms with E-state index in [1.165, 1.54) is 161 Å². The van der Waals surface area contributed by atoms with Crippen molar-refractivity contribution in [1.29, 1.82) is 0 Å². The van der Waals surface area contributed by atoms with Crippen LogP contribution in [0.4, 0.5) is 0 Å². The fourth-order valence-corrected chi connectivity index (χ4v) is 8.23. The van der Waals surface area contributed by atoms with Gasteiger partial charge in [-0.25, -0.2) is 0 Å². The van der Waals surface area contributed by atoms with Crippen LogP contribution in [0, 0.1) is 0 Å². The Bertz CT molecular complexity index is 1350. The highest BCUT2D eigenvalue weighted by atomic mass is 16.6. The lowest BCUT2D eigenvalue weighted by molar-refractivity contribution is -0.166. The summed E-state index contributed by atoms with van der Waals surface area (Å²) in [5.74, 6) is -0.982. The quantitative estimate of drug-likeness (QED) is 0.0261.